The first-order valence-electron chi connectivity index (χ1n) is 5.67. The molecule has 0 aliphatic heterocycles. The van der Waals surface area contributed by atoms with E-state index in [1.807, 2.05) is 25.5 Å². The van der Waals surface area contributed by atoms with Crippen molar-refractivity contribution in [2.75, 3.05) is 0 Å². The normalized spacial score (nSPS) is 23.6. The second kappa shape index (κ2) is 4.52. The van der Waals surface area contributed by atoms with Crippen LogP contribution in [0.4, 0.5) is 0 Å². The fraction of sp³-hybridized carbons (Fsp3) is 0.357. The van der Waals surface area contributed by atoms with Crippen molar-refractivity contribution >= 4 is 0 Å². The zero-order valence-corrected chi connectivity index (χ0v) is 9.76. The Morgan fingerprint density at radius 1 is 1.56 bits per heavy atom. The van der Waals surface area contributed by atoms with Gasteiger partial charge in [0.15, 0.2) is 0 Å². The number of aromatic nitrogens is 2. The van der Waals surface area contributed by atoms with Gasteiger partial charge >= 0.3 is 0 Å². The molecule has 0 spiro atoms. The van der Waals surface area contributed by atoms with E-state index in [4.69, 9.17) is 0 Å². The molecule has 0 radical (unpaired) electrons. The highest BCUT2D eigenvalue weighted by atomic mass is 15.0. The van der Waals surface area contributed by atoms with Crippen molar-refractivity contribution in [1.29, 1.82) is 0 Å². The fourth-order valence-corrected chi connectivity index (χ4v) is 2.23. The molecular weight excluding hydrogens is 196 g/mol. The molecule has 0 saturated heterocycles. The molecule has 1 heterocycles. The molecule has 1 aliphatic rings. The van der Waals surface area contributed by atoms with Crippen LogP contribution < -0.4 is 0 Å². The third kappa shape index (κ3) is 2.16. The molecule has 0 aromatic carbocycles. The Labute approximate surface area is 97.0 Å². The number of allylic oxidation sites excluding steroid dienone is 5. The Bertz CT molecular complexity index is 422. The summed E-state index contributed by atoms with van der Waals surface area (Å²) in [6.45, 7) is 3.87. The van der Waals surface area contributed by atoms with Crippen LogP contribution in [-0.4, -0.2) is 9.55 Å². The van der Waals surface area contributed by atoms with Gasteiger partial charge in [0.2, 0.25) is 0 Å². The lowest BCUT2D eigenvalue weighted by Crippen LogP contribution is -2.23. The Morgan fingerprint density at radius 2 is 2.44 bits per heavy atom. The molecule has 2 heteroatoms. The molecule has 1 atom stereocenters. The summed E-state index contributed by atoms with van der Waals surface area (Å²) in [5, 5.41) is 0. The molecule has 1 aromatic heterocycles. The van der Waals surface area contributed by atoms with E-state index < -0.39 is 0 Å². The van der Waals surface area contributed by atoms with Gasteiger partial charge in [0.05, 0.1) is 0 Å². The van der Waals surface area contributed by atoms with Crippen LogP contribution in [0.5, 0.6) is 0 Å². The van der Waals surface area contributed by atoms with Crippen molar-refractivity contribution in [2.24, 2.45) is 12.5 Å². The molecule has 1 aliphatic carbocycles. The second-order valence-corrected chi connectivity index (χ2v) is 4.48. The van der Waals surface area contributed by atoms with Crippen LogP contribution in [0.15, 0.2) is 49.4 Å². The monoisotopic (exact) mass is 214 g/mol. The average Bonchev–Trinajstić information content (AvgIpc) is 2.66. The van der Waals surface area contributed by atoms with E-state index in [1.54, 1.807) is 0 Å². The number of rotatable bonds is 4. The summed E-state index contributed by atoms with van der Waals surface area (Å²) in [6.07, 6.45) is 17.7. The van der Waals surface area contributed by atoms with E-state index in [-0.39, 0.29) is 5.41 Å². The first-order valence-corrected chi connectivity index (χ1v) is 5.67. The Morgan fingerprint density at radius 3 is 3.00 bits per heavy atom. The van der Waals surface area contributed by atoms with Crippen LogP contribution in [0.2, 0.25) is 0 Å². The van der Waals surface area contributed by atoms with Gasteiger partial charge in [0, 0.05) is 31.3 Å². The van der Waals surface area contributed by atoms with Crippen molar-refractivity contribution in [3.63, 3.8) is 0 Å². The number of hydrogen-bond acceptors (Lipinski definition) is 1. The van der Waals surface area contributed by atoms with Crippen molar-refractivity contribution in [3.05, 3.63) is 55.2 Å². The van der Waals surface area contributed by atoms with Crippen LogP contribution in [0, 0.1) is 5.41 Å². The lowest BCUT2D eigenvalue weighted by molar-refractivity contribution is 0.372. The van der Waals surface area contributed by atoms with Crippen molar-refractivity contribution in [1.82, 2.24) is 9.55 Å². The Hall–Kier alpha value is -1.57. The van der Waals surface area contributed by atoms with Crippen molar-refractivity contribution in [2.45, 2.75) is 19.3 Å². The molecule has 0 amide bonds. The summed E-state index contributed by atoms with van der Waals surface area (Å²) in [5.41, 5.74) is 0.176. The second-order valence-electron chi connectivity index (χ2n) is 4.48. The lowest BCUT2D eigenvalue weighted by atomic mass is 9.76. The van der Waals surface area contributed by atoms with Gasteiger partial charge in [0.1, 0.15) is 5.82 Å². The molecule has 16 heavy (non-hydrogen) atoms. The summed E-state index contributed by atoms with van der Waals surface area (Å²) in [4.78, 5) is 4.41. The maximum atomic E-state index is 4.41. The predicted molar refractivity (Wildman–Crippen MR) is 67.1 cm³/mol. The summed E-state index contributed by atoms with van der Waals surface area (Å²) >= 11 is 0. The molecule has 1 aromatic rings. The van der Waals surface area contributed by atoms with Crippen molar-refractivity contribution < 1.29 is 0 Å². The molecule has 84 valence electrons. The first kappa shape index (κ1) is 10.9. The van der Waals surface area contributed by atoms with Crippen LogP contribution in [0.25, 0.3) is 0 Å². The van der Waals surface area contributed by atoms with Crippen molar-refractivity contribution in [3.8, 4) is 0 Å². The first-order chi connectivity index (χ1) is 7.76. The topological polar surface area (TPSA) is 17.8 Å². The van der Waals surface area contributed by atoms with Gasteiger partial charge in [-0.3, -0.25) is 0 Å². The van der Waals surface area contributed by atoms with E-state index >= 15 is 0 Å². The molecule has 1 unspecified atom stereocenters. The number of nitrogens with zero attached hydrogens (tertiary/aromatic N) is 2. The summed E-state index contributed by atoms with van der Waals surface area (Å²) in [6, 6.07) is 0. The minimum Gasteiger partial charge on any atom is -0.338 e. The summed E-state index contributed by atoms with van der Waals surface area (Å²) in [5.74, 6) is 1.14. The molecule has 0 saturated carbocycles. The van der Waals surface area contributed by atoms with Crippen LogP contribution in [0.3, 0.4) is 0 Å². The third-order valence-corrected chi connectivity index (χ3v) is 3.20. The quantitative estimate of drug-likeness (QED) is 0.704. The Kier molecular flexibility index (Phi) is 3.09. The Balaban J connectivity index is 2.21. The molecular formula is C14H18N2. The van der Waals surface area contributed by atoms with E-state index in [0.717, 1.165) is 25.1 Å². The minimum atomic E-state index is 0.176. The predicted octanol–water partition coefficient (Wildman–Crippen LogP) is 3.04. The van der Waals surface area contributed by atoms with Gasteiger partial charge in [-0.15, -0.1) is 6.58 Å². The van der Waals surface area contributed by atoms with Gasteiger partial charge in [-0.1, -0.05) is 30.4 Å². The van der Waals surface area contributed by atoms with Crippen LogP contribution in [-0.2, 0) is 13.5 Å². The van der Waals surface area contributed by atoms with Gasteiger partial charge in [-0.2, -0.15) is 0 Å². The molecule has 0 bridgehead atoms. The van der Waals surface area contributed by atoms with E-state index in [2.05, 4.69) is 40.4 Å². The highest BCUT2D eigenvalue weighted by Gasteiger charge is 2.27. The smallest absolute Gasteiger partial charge is 0.109 e. The van der Waals surface area contributed by atoms with E-state index in [0.29, 0.717) is 0 Å². The standard InChI is InChI=1S/C14H18N2/c1-3-7-14(8-5-4-6-9-14)12-13-15-10-11-16(13)2/h3-6,8,10-11H,1,7,9,12H2,2H3. The zero-order valence-electron chi connectivity index (χ0n) is 9.76. The number of aryl methyl sites for hydroxylation is 1. The highest BCUT2D eigenvalue weighted by Crippen LogP contribution is 2.35. The molecule has 0 N–H and O–H groups in total. The average molecular weight is 214 g/mol. The lowest BCUT2D eigenvalue weighted by Gasteiger charge is -2.29. The molecule has 2 nitrogen and oxygen atoms in total. The molecule has 0 fully saturated rings. The van der Waals surface area contributed by atoms with Gasteiger partial charge in [0.25, 0.3) is 0 Å². The SMILES string of the molecule is C=CCC1(Cc2nccn2C)C=CC=CC1. The largest absolute Gasteiger partial charge is 0.338 e. The summed E-state index contributed by atoms with van der Waals surface area (Å²) < 4.78 is 2.09. The number of hydrogen-bond donors (Lipinski definition) is 0. The van der Waals surface area contributed by atoms with Gasteiger partial charge < -0.3 is 4.57 Å². The van der Waals surface area contributed by atoms with Gasteiger partial charge in [-0.25, -0.2) is 4.98 Å². The fourth-order valence-electron chi connectivity index (χ4n) is 2.23. The highest BCUT2D eigenvalue weighted by molar-refractivity contribution is 5.19. The maximum Gasteiger partial charge on any atom is 0.109 e. The third-order valence-electron chi connectivity index (χ3n) is 3.20. The van der Waals surface area contributed by atoms with E-state index in [1.165, 1.54) is 0 Å². The van der Waals surface area contributed by atoms with Crippen LogP contribution >= 0.6 is 0 Å². The van der Waals surface area contributed by atoms with Crippen LogP contribution in [0.1, 0.15) is 18.7 Å². The minimum absolute atomic E-state index is 0.176. The molecule has 2 rings (SSSR count). The maximum absolute atomic E-state index is 4.41. The van der Waals surface area contributed by atoms with Gasteiger partial charge in [-0.05, 0) is 12.8 Å². The van der Waals surface area contributed by atoms with E-state index in [9.17, 15) is 0 Å². The summed E-state index contributed by atoms with van der Waals surface area (Å²) in [7, 11) is 2.05. The zero-order chi connectivity index (χ0) is 11.4. The number of imidazole rings is 1.